The van der Waals surface area contributed by atoms with Crippen LogP contribution in [-0.4, -0.2) is 59.4 Å². The summed E-state index contributed by atoms with van der Waals surface area (Å²) in [5, 5.41) is 12.7. The van der Waals surface area contributed by atoms with Crippen LogP contribution in [0.4, 0.5) is 8.78 Å². The zero-order chi connectivity index (χ0) is 23.2. The molecule has 6 nitrogen and oxygen atoms in total. The monoisotopic (exact) mass is 461 g/mol. The van der Waals surface area contributed by atoms with Crippen molar-refractivity contribution >= 4 is 11.8 Å². The van der Waals surface area contributed by atoms with Gasteiger partial charge >= 0.3 is 0 Å². The van der Waals surface area contributed by atoms with Crippen LogP contribution in [0.15, 0.2) is 12.1 Å². The Kier molecular flexibility index (Phi) is 6.05. The molecule has 0 spiro atoms. The number of hydrogen-bond donors (Lipinski definition) is 2. The van der Waals surface area contributed by atoms with E-state index in [1.165, 1.54) is 38.5 Å². The highest BCUT2D eigenvalue weighted by molar-refractivity contribution is 5.85. The summed E-state index contributed by atoms with van der Waals surface area (Å²) in [7, 11) is 0. The van der Waals surface area contributed by atoms with Crippen molar-refractivity contribution in [2.24, 2.45) is 23.2 Å². The van der Waals surface area contributed by atoms with Crippen molar-refractivity contribution < 1.29 is 23.5 Å². The van der Waals surface area contributed by atoms with Crippen LogP contribution >= 0.6 is 0 Å². The molecule has 1 heterocycles. The second-order valence-electron chi connectivity index (χ2n) is 10.9. The zero-order valence-electron chi connectivity index (χ0n) is 19.0. The predicted molar refractivity (Wildman–Crippen MR) is 118 cm³/mol. The maximum absolute atomic E-state index is 13.6. The molecule has 1 aromatic rings. The van der Waals surface area contributed by atoms with Gasteiger partial charge in [0.2, 0.25) is 11.8 Å². The fourth-order valence-electron chi connectivity index (χ4n) is 7.33. The number of amides is 2. The number of carbonyl (C=O) groups is 2. The van der Waals surface area contributed by atoms with Crippen LogP contribution < -0.4 is 5.32 Å². The van der Waals surface area contributed by atoms with Crippen LogP contribution in [0, 0.1) is 34.8 Å². The second-order valence-corrected chi connectivity index (χ2v) is 10.9. The van der Waals surface area contributed by atoms with Crippen molar-refractivity contribution in [3.8, 4) is 5.75 Å². The number of nitrogens with zero attached hydrogens (tertiary/aromatic N) is 2. The average molecular weight is 462 g/mol. The van der Waals surface area contributed by atoms with Crippen LogP contribution in [0.5, 0.6) is 5.75 Å². The lowest BCUT2D eigenvalue weighted by Crippen LogP contribution is -2.51. The third-order valence-electron chi connectivity index (χ3n) is 8.36. The third-order valence-corrected chi connectivity index (χ3v) is 8.36. The van der Waals surface area contributed by atoms with E-state index in [1.807, 2.05) is 4.90 Å². The van der Waals surface area contributed by atoms with Gasteiger partial charge in [-0.1, -0.05) is 0 Å². The molecular formula is C25H33F2N3O3. The zero-order valence-corrected chi connectivity index (χ0v) is 19.0. The third kappa shape index (κ3) is 4.86. The normalized spacial score (nSPS) is 31.1. The van der Waals surface area contributed by atoms with Crippen LogP contribution in [0.3, 0.4) is 0 Å². The minimum Gasteiger partial charge on any atom is -0.505 e. The molecule has 1 aliphatic heterocycles. The molecule has 2 N–H and O–H groups in total. The molecule has 4 aliphatic carbocycles. The SMILES string of the molecule is O=C(CC12CC3CC(CC(C3)C1)C2)NCC(=O)N1CCN(Cc2cc(F)cc(F)c2O)CC1. The minimum atomic E-state index is -0.969. The second kappa shape index (κ2) is 8.85. The van der Waals surface area contributed by atoms with Crippen molar-refractivity contribution in [2.45, 2.75) is 51.5 Å². The van der Waals surface area contributed by atoms with E-state index in [2.05, 4.69) is 5.32 Å². The minimum absolute atomic E-state index is 0.00691. The summed E-state index contributed by atoms with van der Waals surface area (Å²) < 4.78 is 27.0. The molecule has 5 aliphatic rings. The Morgan fingerprint density at radius 1 is 1.00 bits per heavy atom. The number of aromatic hydroxyl groups is 1. The lowest BCUT2D eigenvalue weighted by Gasteiger charge is -2.56. The van der Waals surface area contributed by atoms with E-state index in [-0.39, 0.29) is 35.9 Å². The molecule has 4 bridgehead atoms. The van der Waals surface area contributed by atoms with Gasteiger partial charge in [-0.2, -0.15) is 0 Å². The highest BCUT2D eigenvalue weighted by Gasteiger charge is 2.51. The number of halogens is 2. The lowest BCUT2D eigenvalue weighted by molar-refractivity contribution is -0.136. The molecule has 0 radical (unpaired) electrons. The summed E-state index contributed by atoms with van der Waals surface area (Å²) in [6, 6.07) is 1.79. The first-order chi connectivity index (χ1) is 15.8. The smallest absolute Gasteiger partial charge is 0.242 e. The Labute approximate surface area is 193 Å². The quantitative estimate of drug-likeness (QED) is 0.683. The predicted octanol–water partition coefficient (Wildman–Crippen LogP) is 3.04. The number of hydrogen-bond acceptors (Lipinski definition) is 4. The molecule has 2 amide bonds. The van der Waals surface area contributed by atoms with E-state index >= 15 is 0 Å². The number of rotatable bonds is 6. The van der Waals surface area contributed by atoms with Crippen molar-refractivity contribution in [2.75, 3.05) is 32.7 Å². The van der Waals surface area contributed by atoms with Gasteiger partial charge in [0.25, 0.3) is 0 Å². The summed E-state index contributed by atoms with van der Waals surface area (Å²) >= 11 is 0. The molecule has 6 rings (SSSR count). The maximum Gasteiger partial charge on any atom is 0.242 e. The standard InChI is InChI=1S/C25H33F2N3O3/c26-20-8-19(24(33)21(27)9-20)15-29-1-3-30(4-2-29)23(32)14-28-22(31)13-25-10-16-5-17(11-25)7-18(6-16)12-25/h8-9,16-18,33H,1-7,10-15H2,(H,28,31). The molecule has 4 saturated carbocycles. The Hall–Kier alpha value is -2.22. The molecule has 180 valence electrons. The molecule has 0 atom stereocenters. The number of benzene rings is 1. The lowest BCUT2D eigenvalue weighted by atomic mass is 9.49. The van der Waals surface area contributed by atoms with Gasteiger partial charge in [0.05, 0.1) is 6.54 Å². The molecule has 0 aromatic heterocycles. The first-order valence-electron chi connectivity index (χ1n) is 12.2. The van der Waals surface area contributed by atoms with Crippen molar-refractivity contribution in [1.29, 1.82) is 0 Å². The van der Waals surface area contributed by atoms with Gasteiger partial charge in [-0.3, -0.25) is 14.5 Å². The topological polar surface area (TPSA) is 72.9 Å². The van der Waals surface area contributed by atoms with Gasteiger partial charge in [-0.25, -0.2) is 8.78 Å². The van der Waals surface area contributed by atoms with Crippen LogP contribution in [0.2, 0.25) is 0 Å². The average Bonchev–Trinajstić information content (AvgIpc) is 2.74. The Balaban J connectivity index is 1.06. The van der Waals surface area contributed by atoms with Crippen molar-refractivity contribution in [3.63, 3.8) is 0 Å². The summed E-state index contributed by atoms with van der Waals surface area (Å²) in [5.74, 6) is 0.0622. The van der Waals surface area contributed by atoms with Crippen LogP contribution in [-0.2, 0) is 16.1 Å². The van der Waals surface area contributed by atoms with E-state index in [4.69, 9.17) is 0 Å². The van der Waals surface area contributed by atoms with Gasteiger partial charge in [-0.15, -0.1) is 0 Å². The molecule has 33 heavy (non-hydrogen) atoms. The Bertz CT molecular complexity index is 894. The van der Waals surface area contributed by atoms with Crippen LogP contribution in [0.25, 0.3) is 0 Å². The first-order valence-corrected chi connectivity index (χ1v) is 12.2. The summed E-state index contributed by atoms with van der Waals surface area (Å²) in [6.07, 6.45) is 8.11. The number of nitrogens with one attached hydrogen (secondary N) is 1. The number of carbonyl (C=O) groups excluding carboxylic acids is 2. The maximum atomic E-state index is 13.6. The van der Waals surface area contributed by atoms with E-state index in [0.29, 0.717) is 38.7 Å². The molecule has 5 fully saturated rings. The fraction of sp³-hybridized carbons (Fsp3) is 0.680. The summed E-state index contributed by atoms with van der Waals surface area (Å²) in [6.45, 7) is 2.24. The van der Waals surface area contributed by atoms with Gasteiger partial charge in [0.1, 0.15) is 5.82 Å². The highest BCUT2D eigenvalue weighted by atomic mass is 19.1. The molecule has 1 saturated heterocycles. The van der Waals surface area contributed by atoms with E-state index in [9.17, 15) is 23.5 Å². The first kappa shape index (κ1) is 22.6. The number of phenolic OH excluding ortho intramolecular Hbond substituents is 1. The van der Waals surface area contributed by atoms with E-state index < -0.39 is 17.4 Å². The van der Waals surface area contributed by atoms with Gasteiger partial charge < -0.3 is 15.3 Å². The fourth-order valence-corrected chi connectivity index (χ4v) is 7.33. The number of piperazine rings is 1. The highest BCUT2D eigenvalue weighted by Crippen LogP contribution is 2.61. The van der Waals surface area contributed by atoms with Gasteiger partial charge in [0, 0.05) is 50.8 Å². The summed E-state index contributed by atoms with van der Waals surface area (Å²) in [5.41, 5.74) is 0.361. The largest absolute Gasteiger partial charge is 0.505 e. The summed E-state index contributed by atoms with van der Waals surface area (Å²) in [4.78, 5) is 29.0. The Morgan fingerprint density at radius 3 is 2.21 bits per heavy atom. The van der Waals surface area contributed by atoms with Crippen LogP contribution in [0.1, 0.15) is 50.5 Å². The molecular weight excluding hydrogens is 428 g/mol. The molecule has 8 heteroatoms. The van der Waals surface area contributed by atoms with E-state index in [1.54, 1.807) is 4.90 Å². The van der Waals surface area contributed by atoms with Crippen molar-refractivity contribution in [3.05, 3.63) is 29.3 Å². The van der Waals surface area contributed by atoms with Gasteiger partial charge in [0.15, 0.2) is 11.6 Å². The number of phenols is 1. The Morgan fingerprint density at radius 2 is 1.61 bits per heavy atom. The molecule has 1 aromatic carbocycles. The molecule has 0 unspecified atom stereocenters. The van der Waals surface area contributed by atoms with Crippen molar-refractivity contribution in [1.82, 2.24) is 15.1 Å². The van der Waals surface area contributed by atoms with Gasteiger partial charge in [-0.05, 0) is 67.8 Å². The van der Waals surface area contributed by atoms with E-state index in [0.717, 1.165) is 23.8 Å².